The van der Waals surface area contributed by atoms with Gasteiger partial charge >= 0.3 is 17.6 Å². The lowest BCUT2D eigenvalue weighted by Crippen LogP contribution is -2.56. The second-order valence-corrected chi connectivity index (χ2v) is 38.6. The second kappa shape index (κ2) is 31.9. The van der Waals surface area contributed by atoms with Crippen LogP contribution in [-0.2, 0) is 67.3 Å². The van der Waals surface area contributed by atoms with Crippen LogP contribution in [0.3, 0.4) is 0 Å². The zero-order valence-electron chi connectivity index (χ0n) is 67.3. The minimum atomic E-state index is -3.17. The number of rotatable bonds is 30. The fourth-order valence-electron chi connectivity index (χ4n) is 14.4. The molecule has 0 aliphatic carbocycles. The third-order valence-corrected chi connectivity index (χ3v) is 25.5. The van der Waals surface area contributed by atoms with Crippen LogP contribution >= 0.6 is 0 Å². The lowest BCUT2D eigenvalue weighted by atomic mass is 9.80. The van der Waals surface area contributed by atoms with E-state index < -0.39 is 77.0 Å². The molecule has 22 nitrogen and oxygen atoms in total. The molecule has 0 spiro atoms. The average Bonchev–Trinajstić information content (AvgIpc) is 0.670. The fraction of sp³-hybridized carbons (Fsp3) is 0.419. The number of ether oxygens (including phenoxy) is 6. The molecule has 9 aromatic carbocycles. The lowest BCUT2D eigenvalue weighted by Gasteiger charge is -2.37. The van der Waals surface area contributed by atoms with Gasteiger partial charge in [-0.2, -0.15) is 0 Å². The number of carbonyl (C=O) groups excluding carboxylic acids is 6. The van der Waals surface area contributed by atoms with E-state index in [4.69, 9.17) is 55.0 Å². The van der Waals surface area contributed by atoms with Crippen molar-refractivity contribution in [3.63, 3.8) is 0 Å². The third kappa shape index (κ3) is 16.0. The van der Waals surface area contributed by atoms with Gasteiger partial charge in [-0.05, 0) is 129 Å². The Kier molecular flexibility index (Phi) is 23.7. The zero-order valence-corrected chi connectivity index (χ0v) is 69.3. The highest BCUT2D eigenvalue weighted by molar-refractivity contribution is 6.60. The fourth-order valence-corrected chi connectivity index (χ4v) is 16.9. The molecule has 2 N–H and O–H groups in total. The Morgan fingerprint density at radius 1 is 0.345 bits per heavy atom. The molecule has 2 aliphatic heterocycles. The minimum absolute atomic E-state index is 0.00116. The predicted octanol–water partition coefficient (Wildman–Crippen LogP) is 16.4. The van der Waals surface area contributed by atoms with Crippen molar-refractivity contribution in [2.24, 2.45) is 11.8 Å². The van der Waals surface area contributed by atoms with Crippen molar-refractivity contribution in [3.8, 4) is 46.0 Å². The Hall–Kier alpha value is -9.19. The van der Waals surface area contributed by atoms with Crippen LogP contribution in [0.25, 0.3) is 43.1 Å². The van der Waals surface area contributed by atoms with Crippen molar-refractivity contribution in [1.82, 2.24) is 20.4 Å². The number of hydrogen-bond donors (Lipinski definition) is 2. The van der Waals surface area contributed by atoms with E-state index in [0.29, 0.717) is 23.0 Å². The highest BCUT2D eigenvalue weighted by atomic mass is 28.4. The highest BCUT2D eigenvalue weighted by Gasteiger charge is 2.48. The average molecular weight is 1540 g/mol. The number of hydrogen-bond acceptors (Lipinski definition) is 18. The van der Waals surface area contributed by atoms with Crippen LogP contribution in [-0.4, -0.2) is 156 Å². The van der Waals surface area contributed by atoms with Gasteiger partial charge in [-0.15, -0.1) is 0 Å². The largest absolute Gasteiger partial charge is 0.527 e. The van der Waals surface area contributed by atoms with Crippen LogP contribution in [0.2, 0.25) is 0 Å². The second-order valence-electron chi connectivity index (χ2n) is 32.8. The summed E-state index contributed by atoms with van der Waals surface area (Å²) < 4.78 is 74.5. The maximum Gasteiger partial charge on any atom is 0.527 e. The molecule has 0 aromatic heterocycles. The Labute approximate surface area is 646 Å². The van der Waals surface area contributed by atoms with Crippen molar-refractivity contribution >= 4 is 96.1 Å². The number of fused-ring (bicyclic) bond motifs is 2. The lowest BCUT2D eigenvalue weighted by molar-refractivity contribution is -0.127. The summed E-state index contributed by atoms with van der Waals surface area (Å²) in [6, 6.07) is 34.0. The molecule has 2 heterocycles. The van der Waals surface area contributed by atoms with Crippen LogP contribution < -0.4 is 29.6 Å². The van der Waals surface area contributed by atoms with Gasteiger partial charge in [0.1, 0.15) is 70.5 Å². The number of carbonyl (C=O) groups is 6. The van der Waals surface area contributed by atoms with Gasteiger partial charge in [0.05, 0.1) is 35.5 Å². The predicted molar refractivity (Wildman–Crippen MR) is 428 cm³/mol. The Morgan fingerprint density at radius 2 is 0.564 bits per heavy atom. The first-order chi connectivity index (χ1) is 51.9. The van der Waals surface area contributed by atoms with Gasteiger partial charge in [0.2, 0.25) is 11.8 Å². The summed E-state index contributed by atoms with van der Waals surface area (Å²) in [6.07, 6.45) is -0.0322. The third-order valence-electron chi connectivity index (χ3n) is 20.6. The van der Waals surface area contributed by atoms with Crippen molar-refractivity contribution in [1.29, 1.82) is 0 Å². The van der Waals surface area contributed by atoms with Gasteiger partial charge in [-0.3, -0.25) is 38.6 Å². The van der Waals surface area contributed by atoms with Crippen LogP contribution in [0.15, 0.2) is 121 Å². The maximum absolute atomic E-state index is 16.4. The minimum Gasteiger partial charge on any atom is -0.457 e. The summed E-state index contributed by atoms with van der Waals surface area (Å²) in [5.74, 6) is -4.05. The molecule has 0 saturated heterocycles. The number of benzene rings is 9. The zero-order chi connectivity index (χ0) is 80.1. The summed E-state index contributed by atoms with van der Waals surface area (Å²) in [7, 11) is 2.47. The summed E-state index contributed by atoms with van der Waals surface area (Å²) in [5, 5.41) is 7.91. The molecule has 0 saturated carbocycles. The van der Waals surface area contributed by atoms with Crippen LogP contribution in [0.4, 0.5) is 0 Å². The molecule has 6 amide bonds. The number of amides is 6. The van der Waals surface area contributed by atoms with Gasteiger partial charge in [-0.25, -0.2) is 0 Å². The van der Waals surface area contributed by atoms with E-state index in [1.54, 1.807) is 52.0 Å². The van der Waals surface area contributed by atoms with Crippen molar-refractivity contribution in [3.05, 3.63) is 166 Å². The molecule has 11 rings (SSSR count). The quantitative estimate of drug-likeness (QED) is 0.0140. The molecule has 2 aliphatic rings. The molecular formula is C86H104N4O18Si2. The molecule has 2 unspecified atom stereocenters. The van der Waals surface area contributed by atoms with Crippen molar-refractivity contribution in [2.45, 2.75) is 145 Å². The van der Waals surface area contributed by atoms with Crippen LogP contribution in [0.5, 0.6) is 46.0 Å². The topological polar surface area (TPSA) is 244 Å². The standard InChI is InChI=1S/C86H104N4O18Si2/c1-49(2)75(77(91)87-39-41-103-47-109(97-17,98-18)99-19)89-79(93)59-43-63(105-55-31-23-51(24-32-55)83(5,6)7)69-71-65(107-57-35-27-53(28-36-57)85(11,12)13)45-61-68-62(82(96)90(81(61)95)76(50(3)4)78(92)88-40-42-104-48-110(100-20,101-21)102-22)46-66(108-58-37-29-54(30-38-58)86(14,15)16)72(74(68)71)70-64(44-60(80(89)94)67(59)73(69)70)106-56-33-25-52(26-34-56)84(8,9)10/h23-38,43-46,49-50,75-76H,39-42,47-48H2,1-22H3,(H,87,91)(H,88,92). The first-order valence-electron chi connectivity index (χ1n) is 37.2. The first-order valence-corrected chi connectivity index (χ1v) is 41.0. The van der Waals surface area contributed by atoms with E-state index in [2.05, 4.69) is 93.7 Å². The van der Waals surface area contributed by atoms with Crippen LogP contribution in [0, 0.1) is 11.8 Å². The van der Waals surface area contributed by atoms with E-state index in [1.165, 1.54) is 42.7 Å². The maximum atomic E-state index is 16.4. The molecular weight excluding hydrogens is 1430 g/mol. The molecule has 0 fully saturated rings. The van der Waals surface area contributed by atoms with Gasteiger partial charge in [0.15, 0.2) is 0 Å². The first kappa shape index (κ1) is 81.8. The normalized spacial score (nSPS) is 14.4. The summed E-state index contributed by atoms with van der Waals surface area (Å²) in [6.45, 7) is 32.2. The monoisotopic (exact) mass is 1540 g/mol. The molecule has 24 heteroatoms. The van der Waals surface area contributed by atoms with Gasteiger partial charge in [0.25, 0.3) is 23.6 Å². The number of nitrogens with zero attached hydrogens (tertiary/aromatic N) is 2. The van der Waals surface area contributed by atoms with E-state index in [0.717, 1.165) is 32.1 Å². The van der Waals surface area contributed by atoms with Gasteiger partial charge in [-0.1, -0.05) is 159 Å². The van der Waals surface area contributed by atoms with E-state index in [-0.39, 0.29) is 149 Å². The van der Waals surface area contributed by atoms with Crippen LogP contribution in [0.1, 0.15) is 174 Å². The number of nitrogens with one attached hydrogen (secondary N) is 2. The Morgan fingerprint density at radius 3 is 0.755 bits per heavy atom. The van der Waals surface area contributed by atoms with E-state index >= 15 is 28.8 Å². The summed E-state index contributed by atoms with van der Waals surface area (Å²) in [5.41, 5.74) is 2.92. The SMILES string of the molecule is CO[Si](COCCNC(=O)C(C(C)C)N1C(=O)c2cc(Oc3ccc(C(C)(C)C)cc3)c3c4c(Oc5ccc(C(C)(C)C)cc5)cc5c6c(cc(Oc7ccc(C(C)(C)C)cc7)c(c7c(Oc8ccc(C(C)(C)C)cc8)cc(c2c37)C1=O)c64)C(=O)N(C(C(=O)NCCOC[Si](OC)(OC)OC)C(C)C)C5=O)(OC)OC. The molecule has 0 bridgehead atoms. The smallest absolute Gasteiger partial charge is 0.457 e. The summed E-state index contributed by atoms with van der Waals surface area (Å²) in [4.78, 5) is 97.8. The Balaban J connectivity index is 1.26. The molecule has 584 valence electrons. The number of imide groups is 2. The van der Waals surface area contributed by atoms with E-state index in [9.17, 15) is 0 Å². The molecule has 2 atom stereocenters. The van der Waals surface area contributed by atoms with Gasteiger partial charge < -0.3 is 65.6 Å². The Bertz CT molecular complexity index is 4380. The van der Waals surface area contributed by atoms with Gasteiger partial charge in [0, 0.05) is 98.8 Å². The highest BCUT2D eigenvalue weighted by Crippen LogP contribution is 2.58. The van der Waals surface area contributed by atoms with Crippen molar-refractivity contribution < 1.29 is 83.7 Å². The summed E-state index contributed by atoms with van der Waals surface area (Å²) >= 11 is 0. The van der Waals surface area contributed by atoms with E-state index in [1.807, 2.05) is 97.1 Å². The van der Waals surface area contributed by atoms with Crippen molar-refractivity contribution in [2.75, 3.05) is 81.4 Å². The molecule has 110 heavy (non-hydrogen) atoms. The molecule has 9 aromatic rings. The molecule has 0 radical (unpaired) electrons.